The lowest BCUT2D eigenvalue weighted by molar-refractivity contribution is -0.140. The van der Waals surface area contributed by atoms with E-state index in [0.717, 1.165) is 19.3 Å². The molecular formula is C10H18N2O3. The van der Waals surface area contributed by atoms with E-state index in [4.69, 9.17) is 5.11 Å². The van der Waals surface area contributed by atoms with Gasteiger partial charge >= 0.3 is 5.97 Å². The van der Waals surface area contributed by atoms with Crippen molar-refractivity contribution in [2.45, 2.75) is 44.7 Å². The van der Waals surface area contributed by atoms with Gasteiger partial charge in [-0.1, -0.05) is 13.3 Å². The van der Waals surface area contributed by atoms with Crippen molar-refractivity contribution in [3.05, 3.63) is 0 Å². The lowest BCUT2D eigenvalue weighted by Crippen LogP contribution is -2.53. The van der Waals surface area contributed by atoms with Crippen LogP contribution in [0.1, 0.15) is 32.6 Å². The standard InChI is InChI=1S/C10H18N2O3/c1-2-4-8(10(14)15)12-7-5-3-6-11-9(7)13/h7-8,12H,2-6H2,1H3,(H,11,13)(H,14,15). The zero-order chi connectivity index (χ0) is 11.3. The number of hydrogen-bond acceptors (Lipinski definition) is 3. The second-order valence-corrected chi connectivity index (χ2v) is 3.83. The molecule has 0 spiro atoms. The van der Waals surface area contributed by atoms with E-state index in [-0.39, 0.29) is 11.9 Å². The first-order chi connectivity index (χ1) is 7.15. The van der Waals surface area contributed by atoms with Gasteiger partial charge in [-0.25, -0.2) is 0 Å². The molecule has 0 aromatic carbocycles. The van der Waals surface area contributed by atoms with Crippen LogP contribution in [0.2, 0.25) is 0 Å². The van der Waals surface area contributed by atoms with Crippen molar-refractivity contribution < 1.29 is 14.7 Å². The first-order valence-electron chi connectivity index (χ1n) is 5.41. The molecule has 15 heavy (non-hydrogen) atoms. The Bertz CT molecular complexity index is 241. The second-order valence-electron chi connectivity index (χ2n) is 3.83. The molecular weight excluding hydrogens is 196 g/mol. The molecule has 0 aliphatic carbocycles. The van der Waals surface area contributed by atoms with Crippen LogP contribution in [0, 0.1) is 0 Å². The predicted molar refractivity (Wildman–Crippen MR) is 55.5 cm³/mol. The van der Waals surface area contributed by atoms with Gasteiger partial charge in [0.25, 0.3) is 0 Å². The molecule has 1 rings (SSSR count). The molecule has 0 radical (unpaired) electrons. The third-order valence-electron chi connectivity index (χ3n) is 2.56. The maximum absolute atomic E-state index is 11.4. The maximum atomic E-state index is 11.4. The van der Waals surface area contributed by atoms with Crippen LogP contribution in [-0.2, 0) is 9.59 Å². The van der Waals surface area contributed by atoms with Crippen LogP contribution in [0.25, 0.3) is 0 Å². The summed E-state index contributed by atoms with van der Waals surface area (Å²) in [6, 6.07) is -0.949. The van der Waals surface area contributed by atoms with Gasteiger partial charge in [0.2, 0.25) is 5.91 Å². The lowest BCUT2D eigenvalue weighted by Gasteiger charge is -2.25. The summed E-state index contributed by atoms with van der Waals surface area (Å²) < 4.78 is 0. The van der Waals surface area contributed by atoms with Crippen molar-refractivity contribution in [2.75, 3.05) is 6.54 Å². The van der Waals surface area contributed by atoms with Crippen molar-refractivity contribution in [3.63, 3.8) is 0 Å². The molecule has 2 atom stereocenters. The molecule has 1 amide bonds. The van der Waals surface area contributed by atoms with Crippen LogP contribution >= 0.6 is 0 Å². The Hall–Kier alpha value is -1.10. The molecule has 2 unspecified atom stereocenters. The van der Waals surface area contributed by atoms with E-state index in [1.165, 1.54) is 0 Å². The minimum atomic E-state index is -0.879. The van der Waals surface area contributed by atoms with Crippen molar-refractivity contribution >= 4 is 11.9 Å². The third kappa shape index (κ3) is 3.51. The molecule has 0 bridgehead atoms. The molecule has 1 saturated heterocycles. The fourth-order valence-corrected chi connectivity index (χ4v) is 1.74. The molecule has 3 N–H and O–H groups in total. The van der Waals surface area contributed by atoms with Crippen LogP contribution in [-0.4, -0.2) is 35.6 Å². The van der Waals surface area contributed by atoms with E-state index >= 15 is 0 Å². The molecule has 86 valence electrons. The minimum absolute atomic E-state index is 0.0800. The molecule has 1 fully saturated rings. The van der Waals surface area contributed by atoms with Gasteiger partial charge in [-0.3, -0.25) is 14.9 Å². The van der Waals surface area contributed by atoms with Gasteiger partial charge in [-0.05, 0) is 19.3 Å². The first kappa shape index (κ1) is 12.0. The number of carbonyl (C=O) groups excluding carboxylic acids is 1. The summed E-state index contributed by atoms with van der Waals surface area (Å²) in [7, 11) is 0. The van der Waals surface area contributed by atoms with Crippen molar-refractivity contribution in [1.82, 2.24) is 10.6 Å². The molecule has 0 aromatic rings. The fourth-order valence-electron chi connectivity index (χ4n) is 1.74. The highest BCUT2D eigenvalue weighted by atomic mass is 16.4. The highest BCUT2D eigenvalue weighted by Gasteiger charge is 2.27. The largest absolute Gasteiger partial charge is 0.480 e. The maximum Gasteiger partial charge on any atom is 0.320 e. The summed E-state index contributed by atoms with van der Waals surface area (Å²) in [5, 5.41) is 14.5. The quantitative estimate of drug-likeness (QED) is 0.607. The van der Waals surface area contributed by atoms with Crippen LogP contribution < -0.4 is 10.6 Å². The van der Waals surface area contributed by atoms with Gasteiger partial charge in [-0.2, -0.15) is 0 Å². The minimum Gasteiger partial charge on any atom is -0.480 e. The molecule has 0 aromatic heterocycles. The molecule has 5 heteroatoms. The van der Waals surface area contributed by atoms with Crippen LogP contribution in [0.5, 0.6) is 0 Å². The number of amides is 1. The zero-order valence-corrected chi connectivity index (χ0v) is 8.95. The fraction of sp³-hybridized carbons (Fsp3) is 0.800. The van der Waals surface area contributed by atoms with Gasteiger partial charge in [-0.15, -0.1) is 0 Å². The summed E-state index contributed by atoms with van der Waals surface area (Å²) in [6.45, 7) is 2.63. The zero-order valence-electron chi connectivity index (χ0n) is 8.95. The van der Waals surface area contributed by atoms with E-state index in [2.05, 4.69) is 10.6 Å². The summed E-state index contributed by atoms with van der Waals surface area (Å²) in [5.74, 6) is -0.959. The van der Waals surface area contributed by atoms with Crippen molar-refractivity contribution in [2.24, 2.45) is 0 Å². The normalized spacial score (nSPS) is 23.3. The first-order valence-corrected chi connectivity index (χ1v) is 5.41. The Balaban J connectivity index is 2.48. The second kappa shape index (κ2) is 5.70. The van der Waals surface area contributed by atoms with Crippen molar-refractivity contribution in [3.8, 4) is 0 Å². The number of carboxylic acid groups (broad SMARTS) is 1. The van der Waals surface area contributed by atoms with E-state index < -0.39 is 12.0 Å². The van der Waals surface area contributed by atoms with E-state index in [1.54, 1.807) is 0 Å². The highest BCUT2D eigenvalue weighted by molar-refractivity contribution is 5.83. The smallest absolute Gasteiger partial charge is 0.320 e. The SMILES string of the molecule is CCCC(NC1CCCNC1=O)C(=O)O. The van der Waals surface area contributed by atoms with Crippen molar-refractivity contribution in [1.29, 1.82) is 0 Å². The summed E-state index contributed by atoms with van der Waals surface area (Å²) in [6.07, 6.45) is 2.97. The monoisotopic (exact) mass is 214 g/mol. The molecule has 0 saturated carbocycles. The third-order valence-corrected chi connectivity index (χ3v) is 2.56. The Labute approximate surface area is 89.2 Å². The van der Waals surface area contributed by atoms with E-state index in [1.807, 2.05) is 6.92 Å². The van der Waals surface area contributed by atoms with Gasteiger partial charge in [0, 0.05) is 6.54 Å². The van der Waals surface area contributed by atoms with Crippen LogP contribution in [0.4, 0.5) is 0 Å². The topological polar surface area (TPSA) is 78.4 Å². The average Bonchev–Trinajstić information content (AvgIpc) is 2.20. The highest BCUT2D eigenvalue weighted by Crippen LogP contribution is 2.06. The number of carbonyl (C=O) groups is 2. The molecule has 5 nitrogen and oxygen atoms in total. The number of carboxylic acids is 1. The van der Waals surface area contributed by atoms with Gasteiger partial charge in [0.15, 0.2) is 0 Å². The molecule has 1 aliphatic rings. The Kier molecular flexibility index (Phi) is 4.55. The van der Waals surface area contributed by atoms with Gasteiger partial charge < -0.3 is 10.4 Å². The van der Waals surface area contributed by atoms with Crippen LogP contribution in [0.3, 0.4) is 0 Å². The number of nitrogens with one attached hydrogen (secondary N) is 2. The number of rotatable bonds is 5. The van der Waals surface area contributed by atoms with Crippen LogP contribution in [0.15, 0.2) is 0 Å². The number of aliphatic carboxylic acids is 1. The van der Waals surface area contributed by atoms with Gasteiger partial charge in [0.1, 0.15) is 6.04 Å². The predicted octanol–water partition coefficient (Wildman–Crippen LogP) is 0.108. The Morgan fingerprint density at radius 1 is 1.73 bits per heavy atom. The average molecular weight is 214 g/mol. The lowest BCUT2D eigenvalue weighted by atomic mass is 10.0. The van der Waals surface area contributed by atoms with E-state index in [9.17, 15) is 9.59 Å². The summed E-state index contributed by atoms with van der Waals surface area (Å²) in [5.41, 5.74) is 0. The van der Waals surface area contributed by atoms with Gasteiger partial charge in [0.05, 0.1) is 6.04 Å². The Morgan fingerprint density at radius 3 is 3.00 bits per heavy atom. The van der Waals surface area contributed by atoms with E-state index in [0.29, 0.717) is 13.0 Å². The molecule has 1 aliphatic heterocycles. The number of hydrogen-bond donors (Lipinski definition) is 3. The summed E-state index contributed by atoms with van der Waals surface area (Å²) >= 11 is 0. The number of piperidine rings is 1. The Morgan fingerprint density at radius 2 is 2.47 bits per heavy atom. The molecule has 1 heterocycles. The summed E-state index contributed by atoms with van der Waals surface area (Å²) in [4.78, 5) is 22.3.